The second-order valence-corrected chi connectivity index (χ2v) is 5.84. The van der Waals surface area contributed by atoms with Crippen molar-refractivity contribution in [2.75, 3.05) is 13.1 Å². The van der Waals surface area contributed by atoms with Gasteiger partial charge in [-0.25, -0.2) is 0 Å². The SMILES string of the molecule is CCCC(C)NC(=O)C(C)N(CCCN)C1CCC1. The molecule has 0 spiro atoms. The summed E-state index contributed by atoms with van der Waals surface area (Å²) >= 11 is 0. The molecule has 1 rings (SSSR count). The Kier molecular flexibility index (Phi) is 7.39. The molecule has 112 valence electrons. The van der Waals surface area contributed by atoms with E-state index < -0.39 is 0 Å². The third-order valence-corrected chi connectivity index (χ3v) is 4.15. The zero-order chi connectivity index (χ0) is 14.3. The maximum absolute atomic E-state index is 12.3. The van der Waals surface area contributed by atoms with E-state index >= 15 is 0 Å². The summed E-state index contributed by atoms with van der Waals surface area (Å²) in [5, 5.41) is 3.13. The van der Waals surface area contributed by atoms with Gasteiger partial charge < -0.3 is 11.1 Å². The number of nitrogens with one attached hydrogen (secondary N) is 1. The van der Waals surface area contributed by atoms with E-state index in [0.717, 1.165) is 25.8 Å². The molecule has 0 aromatic rings. The van der Waals surface area contributed by atoms with Gasteiger partial charge in [-0.3, -0.25) is 9.69 Å². The first-order chi connectivity index (χ1) is 9.10. The number of carbonyl (C=O) groups excluding carboxylic acids is 1. The summed E-state index contributed by atoms with van der Waals surface area (Å²) in [6, 6.07) is 0.836. The average molecular weight is 269 g/mol. The minimum absolute atomic E-state index is 0.0313. The summed E-state index contributed by atoms with van der Waals surface area (Å²) in [6.07, 6.45) is 6.88. The van der Waals surface area contributed by atoms with Crippen LogP contribution in [0.3, 0.4) is 0 Å². The Morgan fingerprint density at radius 1 is 1.42 bits per heavy atom. The van der Waals surface area contributed by atoms with Gasteiger partial charge in [0, 0.05) is 18.6 Å². The summed E-state index contributed by atoms with van der Waals surface area (Å²) in [6.45, 7) is 7.90. The van der Waals surface area contributed by atoms with Crippen molar-refractivity contribution in [1.29, 1.82) is 0 Å². The molecule has 0 aromatic heterocycles. The van der Waals surface area contributed by atoms with Crippen LogP contribution < -0.4 is 11.1 Å². The third kappa shape index (κ3) is 5.11. The molecule has 19 heavy (non-hydrogen) atoms. The highest BCUT2D eigenvalue weighted by Gasteiger charge is 2.31. The van der Waals surface area contributed by atoms with Gasteiger partial charge in [0.25, 0.3) is 0 Å². The Bertz CT molecular complexity index is 266. The molecule has 4 heteroatoms. The fraction of sp³-hybridized carbons (Fsp3) is 0.933. The predicted octanol–water partition coefficient (Wildman–Crippen LogP) is 1.88. The fourth-order valence-corrected chi connectivity index (χ4v) is 2.70. The van der Waals surface area contributed by atoms with Crippen molar-refractivity contribution in [3.05, 3.63) is 0 Å². The van der Waals surface area contributed by atoms with Gasteiger partial charge in [-0.15, -0.1) is 0 Å². The van der Waals surface area contributed by atoms with Crippen molar-refractivity contribution in [2.24, 2.45) is 5.73 Å². The zero-order valence-electron chi connectivity index (χ0n) is 12.8. The third-order valence-electron chi connectivity index (χ3n) is 4.15. The lowest BCUT2D eigenvalue weighted by Gasteiger charge is -2.41. The van der Waals surface area contributed by atoms with Crippen LogP contribution in [-0.2, 0) is 4.79 Å². The number of rotatable bonds is 9. The zero-order valence-corrected chi connectivity index (χ0v) is 12.8. The minimum Gasteiger partial charge on any atom is -0.352 e. The van der Waals surface area contributed by atoms with Crippen LogP contribution in [0.2, 0.25) is 0 Å². The number of hydrogen-bond acceptors (Lipinski definition) is 3. The first-order valence-corrected chi connectivity index (χ1v) is 7.86. The maximum atomic E-state index is 12.3. The molecule has 3 N–H and O–H groups in total. The molecular weight excluding hydrogens is 238 g/mol. The summed E-state index contributed by atoms with van der Waals surface area (Å²) in [7, 11) is 0. The van der Waals surface area contributed by atoms with Crippen LogP contribution in [0.4, 0.5) is 0 Å². The van der Waals surface area contributed by atoms with E-state index in [1.807, 2.05) is 6.92 Å². The average Bonchev–Trinajstić information content (AvgIpc) is 2.31. The van der Waals surface area contributed by atoms with Crippen LogP contribution in [0.25, 0.3) is 0 Å². The van der Waals surface area contributed by atoms with Crippen molar-refractivity contribution in [3.8, 4) is 0 Å². The first-order valence-electron chi connectivity index (χ1n) is 7.86. The van der Waals surface area contributed by atoms with Gasteiger partial charge in [0.2, 0.25) is 5.91 Å². The normalized spacial score (nSPS) is 19.0. The highest BCUT2D eigenvalue weighted by atomic mass is 16.2. The largest absolute Gasteiger partial charge is 0.352 e. The number of nitrogens with zero attached hydrogens (tertiary/aromatic N) is 1. The predicted molar refractivity (Wildman–Crippen MR) is 80.0 cm³/mol. The van der Waals surface area contributed by atoms with Crippen LogP contribution in [0.5, 0.6) is 0 Å². The van der Waals surface area contributed by atoms with E-state index in [-0.39, 0.29) is 18.0 Å². The smallest absolute Gasteiger partial charge is 0.237 e. The highest BCUT2D eigenvalue weighted by Crippen LogP contribution is 2.26. The van der Waals surface area contributed by atoms with E-state index in [0.29, 0.717) is 12.6 Å². The van der Waals surface area contributed by atoms with Gasteiger partial charge >= 0.3 is 0 Å². The number of carbonyl (C=O) groups is 1. The molecule has 0 aromatic carbocycles. The molecule has 1 aliphatic rings. The van der Waals surface area contributed by atoms with Crippen molar-refractivity contribution in [1.82, 2.24) is 10.2 Å². The van der Waals surface area contributed by atoms with E-state index in [1.54, 1.807) is 0 Å². The maximum Gasteiger partial charge on any atom is 0.237 e. The van der Waals surface area contributed by atoms with Crippen LogP contribution in [0.15, 0.2) is 0 Å². The Balaban J connectivity index is 2.48. The lowest BCUT2D eigenvalue weighted by molar-refractivity contribution is -0.128. The van der Waals surface area contributed by atoms with Crippen molar-refractivity contribution >= 4 is 5.91 Å². The molecular formula is C15H31N3O. The summed E-state index contributed by atoms with van der Waals surface area (Å²) in [5.41, 5.74) is 5.61. The molecule has 1 amide bonds. The van der Waals surface area contributed by atoms with Crippen LogP contribution >= 0.6 is 0 Å². The summed E-state index contributed by atoms with van der Waals surface area (Å²) in [4.78, 5) is 14.6. The van der Waals surface area contributed by atoms with Gasteiger partial charge in [-0.2, -0.15) is 0 Å². The van der Waals surface area contributed by atoms with Crippen LogP contribution in [0.1, 0.15) is 59.3 Å². The first kappa shape index (κ1) is 16.4. The van der Waals surface area contributed by atoms with Crippen LogP contribution in [0, 0.1) is 0 Å². The number of nitrogens with two attached hydrogens (primary N) is 1. The summed E-state index contributed by atoms with van der Waals surface area (Å²) < 4.78 is 0. The molecule has 0 radical (unpaired) electrons. The fourth-order valence-electron chi connectivity index (χ4n) is 2.70. The van der Waals surface area contributed by atoms with E-state index in [1.165, 1.54) is 19.3 Å². The molecule has 0 saturated heterocycles. The van der Waals surface area contributed by atoms with Gasteiger partial charge in [-0.1, -0.05) is 19.8 Å². The quantitative estimate of drug-likeness (QED) is 0.672. The van der Waals surface area contributed by atoms with Gasteiger partial charge in [-0.05, 0) is 46.1 Å². The Morgan fingerprint density at radius 3 is 2.58 bits per heavy atom. The molecule has 1 aliphatic carbocycles. The van der Waals surface area contributed by atoms with E-state index in [9.17, 15) is 4.79 Å². The molecule has 4 nitrogen and oxygen atoms in total. The second-order valence-electron chi connectivity index (χ2n) is 5.84. The Morgan fingerprint density at radius 2 is 2.11 bits per heavy atom. The molecule has 0 aliphatic heterocycles. The Hall–Kier alpha value is -0.610. The van der Waals surface area contributed by atoms with Crippen LogP contribution in [-0.4, -0.2) is 42.0 Å². The highest BCUT2D eigenvalue weighted by molar-refractivity contribution is 5.81. The van der Waals surface area contributed by atoms with Gasteiger partial charge in [0.15, 0.2) is 0 Å². The molecule has 1 fully saturated rings. The summed E-state index contributed by atoms with van der Waals surface area (Å²) in [5.74, 6) is 0.171. The minimum atomic E-state index is -0.0313. The lowest BCUT2D eigenvalue weighted by atomic mass is 9.90. The molecule has 0 bridgehead atoms. The van der Waals surface area contributed by atoms with Gasteiger partial charge in [0.05, 0.1) is 6.04 Å². The molecule has 2 unspecified atom stereocenters. The van der Waals surface area contributed by atoms with Crippen molar-refractivity contribution in [2.45, 2.75) is 77.4 Å². The topological polar surface area (TPSA) is 58.4 Å². The van der Waals surface area contributed by atoms with Crippen molar-refractivity contribution < 1.29 is 4.79 Å². The molecule has 0 heterocycles. The Labute approximate surface area is 118 Å². The number of amides is 1. The van der Waals surface area contributed by atoms with Gasteiger partial charge in [0.1, 0.15) is 0 Å². The molecule has 2 atom stereocenters. The second kappa shape index (κ2) is 8.54. The van der Waals surface area contributed by atoms with Crippen molar-refractivity contribution in [3.63, 3.8) is 0 Å². The lowest BCUT2D eigenvalue weighted by Crippen LogP contribution is -2.53. The van der Waals surface area contributed by atoms with E-state index in [4.69, 9.17) is 5.73 Å². The van der Waals surface area contributed by atoms with E-state index in [2.05, 4.69) is 24.1 Å². The monoisotopic (exact) mass is 269 g/mol. The molecule has 1 saturated carbocycles. The standard InChI is InChI=1S/C15H31N3O/c1-4-7-12(2)17-15(19)13(3)18(11-6-10-16)14-8-5-9-14/h12-14H,4-11,16H2,1-3H3,(H,17,19). The number of hydrogen-bond donors (Lipinski definition) is 2.